The number of benzene rings is 3. The number of ether oxygens (including phenoxy) is 1. The number of carbonyl (C=O) groups excluding carboxylic acids is 1. The van der Waals surface area contributed by atoms with E-state index in [-0.39, 0.29) is 11.9 Å². The molecule has 6 heteroatoms. The van der Waals surface area contributed by atoms with Crippen molar-refractivity contribution in [3.8, 4) is 5.75 Å². The lowest BCUT2D eigenvalue weighted by Gasteiger charge is -2.37. The molecule has 1 saturated heterocycles. The molecule has 2 aliphatic heterocycles. The molecule has 0 spiro atoms. The summed E-state index contributed by atoms with van der Waals surface area (Å²) in [7, 11) is 1.66. The SMILES string of the molecule is COc1ccc([C@H]2CC(c3ccccc3)=NN2C(=O)CN2CCN(c3ccccc3C)CC2)cc1. The lowest BCUT2D eigenvalue weighted by atomic mass is 9.98. The van der Waals surface area contributed by atoms with E-state index in [0.717, 1.165) is 48.8 Å². The normalized spacial score (nSPS) is 18.5. The molecule has 0 radical (unpaired) electrons. The molecule has 1 atom stereocenters. The summed E-state index contributed by atoms with van der Waals surface area (Å²) < 4.78 is 5.33. The van der Waals surface area contributed by atoms with Crippen LogP contribution >= 0.6 is 0 Å². The monoisotopic (exact) mass is 468 g/mol. The van der Waals surface area contributed by atoms with E-state index in [0.29, 0.717) is 13.0 Å². The summed E-state index contributed by atoms with van der Waals surface area (Å²) in [6.07, 6.45) is 0.698. The van der Waals surface area contributed by atoms with Crippen molar-refractivity contribution in [1.29, 1.82) is 0 Å². The zero-order valence-corrected chi connectivity index (χ0v) is 20.4. The minimum atomic E-state index is -0.114. The van der Waals surface area contributed by atoms with E-state index in [2.05, 4.69) is 53.1 Å². The van der Waals surface area contributed by atoms with Crippen molar-refractivity contribution < 1.29 is 9.53 Å². The van der Waals surface area contributed by atoms with E-state index in [1.54, 1.807) is 12.1 Å². The fraction of sp³-hybridized carbons (Fsp3) is 0.310. The summed E-state index contributed by atoms with van der Waals surface area (Å²) in [5.74, 6) is 0.849. The van der Waals surface area contributed by atoms with Gasteiger partial charge in [0.25, 0.3) is 5.91 Å². The predicted molar refractivity (Wildman–Crippen MR) is 140 cm³/mol. The second-order valence-electron chi connectivity index (χ2n) is 9.19. The minimum Gasteiger partial charge on any atom is -0.497 e. The second kappa shape index (κ2) is 10.3. The first-order valence-electron chi connectivity index (χ1n) is 12.2. The van der Waals surface area contributed by atoms with Crippen molar-refractivity contribution in [2.75, 3.05) is 44.7 Å². The Morgan fingerprint density at radius 3 is 2.29 bits per heavy atom. The highest BCUT2D eigenvalue weighted by molar-refractivity contribution is 6.03. The van der Waals surface area contributed by atoms with E-state index >= 15 is 0 Å². The zero-order chi connectivity index (χ0) is 24.2. The fourth-order valence-electron chi connectivity index (χ4n) is 4.96. The van der Waals surface area contributed by atoms with Crippen LogP contribution in [0.15, 0.2) is 84.0 Å². The highest BCUT2D eigenvalue weighted by atomic mass is 16.5. The molecule has 35 heavy (non-hydrogen) atoms. The van der Waals surface area contributed by atoms with Crippen molar-refractivity contribution in [3.05, 3.63) is 95.6 Å². The molecule has 0 unspecified atom stereocenters. The van der Waals surface area contributed by atoms with Gasteiger partial charge in [-0.1, -0.05) is 60.7 Å². The van der Waals surface area contributed by atoms with Crippen molar-refractivity contribution in [2.45, 2.75) is 19.4 Å². The van der Waals surface area contributed by atoms with Crippen LogP contribution in [-0.4, -0.2) is 61.4 Å². The largest absolute Gasteiger partial charge is 0.497 e. The van der Waals surface area contributed by atoms with Gasteiger partial charge in [0.1, 0.15) is 5.75 Å². The van der Waals surface area contributed by atoms with Crippen LogP contribution in [0.4, 0.5) is 5.69 Å². The van der Waals surface area contributed by atoms with Crippen molar-refractivity contribution in [1.82, 2.24) is 9.91 Å². The first-order valence-corrected chi connectivity index (χ1v) is 12.2. The molecule has 5 rings (SSSR count). The van der Waals surface area contributed by atoms with Crippen molar-refractivity contribution in [3.63, 3.8) is 0 Å². The van der Waals surface area contributed by atoms with Gasteiger partial charge in [0.05, 0.1) is 25.4 Å². The van der Waals surface area contributed by atoms with E-state index in [9.17, 15) is 4.79 Å². The number of amides is 1. The first-order chi connectivity index (χ1) is 17.1. The summed E-state index contributed by atoms with van der Waals surface area (Å²) in [5, 5.41) is 6.54. The van der Waals surface area contributed by atoms with Gasteiger partial charge in [-0.15, -0.1) is 0 Å². The number of rotatable bonds is 6. The van der Waals surface area contributed by atoms with Crippen LogP contribution in [0.1, 0.15) is 29.2 Å². The number of para-hydroxylation sites is 1. The molecule has 0 aliphatic carbocycles. The Labute approximate surface area is 207 Å². The number of methoxy groups -OCH3 is 1. The number of nitrogens with zero attached hydrogens (tertiary/aromatic N) is 4. The molecule has 1 fully saturated rings. The van der Waals surface area contributed by atoms with Crippen molar-refractivity contribution in [2.24, 2.45) is 5.10 Å². The predicted octanol–water partition coefficient (Wildman–Crippen LogP) is 4.50. The molecule has 0 saturated carbocycles. The minimum absolute atomic E-state index is 0.0427. The Balaban J connectivity index is 1.30. The Kier molecular flexibility index (Phi) is 6.82. The third-order valence-electron chi connectivity index (χ3n) is 6.96. The molecule has 3 aromatic carbocycles. The molecule has 0 bridgehead atoms. The first kappa shape index (κ1) is 23.1. The number of piperazine rings is 1. The molecular weight excluding hydrogens is 436 g/mol. The average Bonchev–Trinajstić information content (AvgIpc) is 3.36. The smallest absolute Gasteiger partial charge is 0.257 e. The molecule has 2 aliphatic rings. The molecule has 6 nitrogen and oxygen atoms in total. The van der Waals surface area contributed by atoms with Crippen LogP contribution in [0.2, 0.25) is 0 Å². The molecule has 0 aromatic heterocycles. The maximum absolute atomic E-state index is 13.5. The summed E-state index contributed by atoms with van der Waals surface area (Å²) in [5.41, 5.74) is 5.66. The van der Waals surface area contributed by atoms with Gasteiger partial charge >= 0.3 is 0 Å². The Bertz CT molecular complexity index is 1180. The molecular formula is C29H32N4O2. The van der Waals surface area contributed by atoms with E-state index in [1.807, 2.05) is 42.5 Å². The fourth-order valence-corrected chi connectivity index (χ4v) is 4.96. The third kappa shape index (κ3) is 5.08. The van der Waals surface area contributed by atoms with Gasteiger partial charge in [0, 0.05) is 38.3 Å². The van der Waals surface area contributed by atoms with Gasteiger partial charge in [-0.25, -0.2) is 5.01 Å². The maximum Gasteiger partial charge on any atom is 0.257 e. The number of carbonyl (C=O) groups is 1. The zero-order valence-electron chi connectivity index (χ0n) is 20.4. The number of hydrazone groups is 1. The summed E-state index contributed by atoms with van der Waals surface area (Å²) >= 11 is 0. The van der Waals surface area contributed by atoms with Gasteiger partial charge in [-0.2, -0.15) is 5.10 Å². The molecule has 2 heterocycles. The molecule has 180 valence electrons. The number of hydrogen-bond acceptors (Lipinski definition) is 5. The summed E-state index contributed by atoms with van der Waals surface area (Å²) in [6.45, 7) is 6.07. The average molecular weight is 469 g/mol. The highest BCUT2D eigenvalue weighted by Gasteiger charge is 2.34. The molecule has 0 N–H and O–H groups in total. The van der Waals surface area contributed by atoms with Crippen LogP contribution in [0.5, 0.6) is 5.75 Å². The highest BCUT2D eigenvalue weighted by Crippen LogP contribution is 2.34. The van der Waals surface area contributed by atoms with Gasteiger partial charge < -0.3 is 9.64 Å². The lowest BCUT2D eigenvalue weighted by Crippen LogP contribution is -2.49. The van der Waals surface area contributed by atoms with Crippen LogP contribution in [-0.2, 0) is 4.79 Å². The maximum atomic E-state index is 13.5. The van der Waals surface area contributed by atoms with Crippen LogP contribution in [0, 0.1) is 6.92 Å². The third-order valence-corrected chi connectivity index (χ3v) is 6.96. The summed E-state index contributed by atoms with van der Waals surface area (Å²) in [4.78, 5) is 18.2. The van der Waals surface area contributed by atoms with E-state index < -0.39 is 0 Å². The number of anilines is 1. The Hall–Kier alpha value is -3.64. The molecule has 3 aromatic rings. The van der Waals surface area contributed by atoms with Crippen molar-refractivity contribution >= 4 is 17.3 Å². The number of hydrogen-bond donors (Lipinski definition) is 0. The lowest BCUT2D eigenvalue weighted by molar-refractivity contribution is -0.134. The van der Waals surface area contributed by atoms with E-state index in [4.69, 9.17) is 9.84 Å². The van der Waals surface area contributed by atoms with Gasteiger partial charge in [-0.05, 0) is 41.8 Å². The van der Waals surface area contributed by atoms with E-state index in [1.165, 1.54) is 11.3 Å². The van der Waals surface area contributed by atoms with Gasteiger partial charge in [-0.3, -0.25) is 9.69 Å². The Morgan fingerprint density at radius 2 is 1.60 bits per heavy atom. The summed E-state index contributed by atoms with van der Waals surface area (Å²) in [6, 6.07) is 26.5. The topological polar surface area (TPSA) is 48.4 Å². The van der Waals surface area contributed by atoms with Crippen LogP contribution in [0.25, 0.3) is 0 Å². The second-order valence-corrected chi connectivity index (χ2v) is 9.19. The quantitative estimate of drug-likeness (QED) is 0.534. The van der Waals surface area contributed by atoms with Gasteiger partial charge in [0.15, 0.2) is 0 Å². The van der Waals surface area contributed by atoms with Crippen LogP contribution < -0.4 is 9.64 Å². The Morgan fingerprint density at radius 1 is 0.914 bits per heavy atom. The number of aryl methyl sites for hydroxylation is 1. The molecule has 1 amide bonds. The van der Waals surface area contributed by atoms with Crippen LogP contribution in [0.3, 0.4) is 0 Å². The van der Waals surface area contributed by atoms with Gasteiger partial charge in [0.2, 0.25) is 0 Å². The standard InChI is InChI=1S/C29H32N4O2/c1-22-8-6-7-11-27(22)32-18-16-31(17-19-32)21-29(34)33-28(24-12-14-25(35-2)15-13-24)20-26(30-33)23-9-4-3-5-10-23/h3-15,28H,16-21H2,1-2H3/t28-/m1/s1.